The van der Waals surface area contributed by atoms with Gasteiger partial charge in [-0.2, -0.15) is 0 Å². The van der Waals surface area contributed by atoms with Gasteiger partial charge in [-0.3, -0.25) is 4.79 Å². The van der Waals surface area contributed by atoms with Crippen molar-refractivity contribution in [2.75, 3.05) is 20.2 Å². The molecule has 0 aliphatic carbocycles. The van der Waals surface area contributed by atoms with Gasteiger partial charge in [-0.25, -0.2) is 0 Å². The fraction of sp³-hybridized carbons (Fsp3) is 0.500. The molecule has 1 heterocycles. The molecule has 1 saturated heterocycles. The number of nitrogens with two attached hydrogens (primary N) is 1. The number of likely N-dealkylation sites (tertiary alicyclic amines) is 1. The number of carbonyl (C=O) groups is 1. The van der Waals surface area contributed by atoms with E-state index in [1.807, 2.05) is 0 Å². The zero-order chi connectivity index (χ0) is 14.0. The lowest BCUT2D eigenvalue weighted by atomic mass is 9.86. The predicted molar refractivity (Wildman–Crippen MR) is 72.4 cm³/mol. The van der Waals surface area contributed by atoms with Crippen LogP contribution in [0.5, 0.6) is 11.5 Å². The second-order valence-corrected chi connectivity index (χ2v) is 5.16. The number of benzene rings is 1. The standard InChI is InChI=1S/C14H20N2O3/c1-3-6-14(15)8-16(9-14)13(18)10-4-5-12(19-2)11(17)7-10/h4-5,7,17H,3,6,8-9,15H2,1-2H3. The third kappa shape index (κ3) is 2.66. The van der Waals surface area contributed by atoms with Crippen LogP contribution in [0.4, 0.5) is 0 Å². The number of rotatable bonds is 4. The molecule has 1 aromatic rings. The fourth-order valence-electron chi connectivity index (χ4n) is 2.52. The molecule has 2 rings (SSSR count). The van der Waals surface area contributed by atoms with Crippen molar-refractivity contribution in [2.24, 2.45) is 5.73 Å². The number of carbonyl (C=O) groups excluding carboxylic acids is 1. The number of aromatic hydroxyl groups is 1. The maximum atomic E-state index is 12.2. The third-order valence-electron chi connectivity index (χ3n) is 3.47. The van der Waals surface area contributed by atoms with E-state index >= 15 is 0 Å². The average molecular weight is 264 g/mol. The first kappa shape index (κ1) is 13.7. The van der Waals surface area contributed by atoms with E-state index in [1.165, 1.54) is 13.2 Å². The van der Waals surface area contributed by atoms with Crippen molar-refractivity contribution in [1.82, 2.24) is 4.90 Å². The topological polar surface area (TPSA) is 75.8 Å². The molecule has 1 fully saturated rings. The lowest BCUT2D eigenvalue weighted by Crippen LogP contribution is -2.68. The van der Waals surface area contributed by atoms with E-state index in [0.717, 1.165) is 12.8 Å². The molecule has 0 saturated carbocycles. The van der Waals surface area contributed by atoms with E-state index in [1.54, 1.807) is 17.0 Å². The molecule has 0 atom stereocenters. The van der Waals surface area contributed by atoms with Crippen LogP contribution >= 0.6 is 0 Å². The Morgan fingerprint density at radius 3 is 2.74 bits per heavy atom. The van der Waals surface area contributed by atoms with Crippen LogP contribution in [0.15, 0.2) is 18.2 Å². The highest BCUT2D eigenvalue weighted by atomic mass is 16.5. The molecule has 1 aliphatic heterocycles. The van der Waals surface area contributed by atoms with Crippen LogP contribution in [0.25, 0.3) is 0 Å². The van der Waals surface area contributed by atoms with Gasteiger partial charge in [0.05, 0.1) is 12.6 Å². The summed E-state index contributed by atoms with van der Waals surface area (Å²) in [4.78, 5) is 13.9. The van der Waals surface area contributed by atoms with Crippen molar-refractivity contribution in [3.8, 4) is 11.5 Å². The van der Waals surface area contributed by atoms with Crippen molar-refractivity contribution in [1.29, 1.82) is 0 Å². The number of phenolic OH excluding ortho intramolecular Hbond substituents is 1. The van der Waals surface area contributed by atoms with Crippen LogP contribution in [-0.2, 0) is 0 Å². The number of phenols is 1. The Morgan fingerprint density at radius 1 is 1.53 bits per heavy atom. The summed E-state index contributed by atoms with van der Waals surface area (Å²) in [5.74, 6) is 0.232. The van der Waals surface area contributed by atoms with Crippen LogP contribution < -0.4 is 10.5 Å². The van der Waals surface area contributed by atoms with E-state index in [-0.39, 0.29) is 17.2 Å². The van der Waals surface area contributed by atoms with Gasteiger partial charge in [0.15, 0.2) is 11.5 Å². The zero-order valence-electron chi connectivity index (χ0n) is 11.3. The van der Waals surface area contributed by atoms with Gasteiger partial charge in [-0.15, -0.1) is 0 Å². The summed E-state index contributed by atoms with van der Waals surface area (Å²) in [7, 11) is 1.47. The van der Waals surface area contributed by atoms with Gasteiger partial charge in [-0.05, 0) is 24.6 Å². The van der Waals surface area contributed by atoms with E-state index in [0.29, 0.717) is 24.4 Å². The quantitative estimate of drug-likeness (QED) is 0.860. The lowest BCUT2D eigenvalue weighted by Gasteiger charge is -2.47. The summed E-state index contributed by atoms with van der Waals surface area (Å²) in [6, 6.07) is 4.67. The number of ether oxygens (including phenoxy) is 1. The zero-order valence-corrected chi connectivity index (χ0v) is 11.3. The molecule has 0 aromatic heterocycles. The largest absolute Gasteiger partial charge is 0.504 e. The Labute approximate surface area is 113 Å². The smallest absolute Gasteiger partial charge is 0.254 e. The van der Waals surface area contributed by atoms with Gasteiger partial charge < -0.3 is 20.5 Å². The van der Waals surface area contributed by atoms with Gasteiger partial charge in [0.2, 0.25) is 0 Å². The SMILES string of the molecule is CCCC1(N)CN(C(=O)c2ccc(OC)c(O)c2)C1. The number of amides is 1. The van der Waals surface area contributed by atoms with Crippen molar-refractivity contribution >= 4 is 5.91 Å². The van der Waals surface area contributed by atoms with Crippen molar-refractivity contribution < 1.29 is 14.6 Å². The molecular formula is C14H20N2O3. The minimum absolute atomic E-state index is 0.0264. The molecule has 0 bridgehead atoms. The lowest BCUT2D eigenvalue weighted by molar-refractivity contribution is 0.0386. The van der Waals surface area contributed by atoms with Gasteiger partial charge >= 0.3 is 0 Å². The number of methoxy groups -OCH3 is 1. The molecule has 0 unspecified atom stereocenters. The maximum Gasteiger partial charge on any atom is 0.254 e. The summed E-state index contributed by atoms with van der Waals surface area (Å²) >= 11 is 0. The number of hydrogen-bond acceptors (Lipinski definition) is 4. The minimum atomic E-state index is -0.237. The molecule has 0 spiro atoms. The van der Waals surface area contributed by atoms with E-state index in [9.17, 15) is 9.90 Å². The Kier molecular flexibility index (Phi) is 3.66. The van der Waals surface area contributed by atoms with Gasteiger partial charge in [-0.1, -0.05) is 13.3 Å². The maximum absolute atomic E-state index is 12.2. The van der Waals surface area contributed by atoms with Crippen LogP contribution in [-0.4, -0.2) is 41.7 Å². The third-order valence-corrected chi connectivity index (χ3v) is 3.47. The molecule has 19 heavy (non-hydrogen) atoms. The fourth-order valence-corrected chi connectivity index (χ4v) is 2.52. The van der Waals surface area contributed by atoms with Gasteiger partial charge in [0.25, 0.3) is 5.91 Å². The Morgan fingerprint density at radius 2 is 2.21 bits per heavy atom. The highest BCUT2D eigenvalue weighted by Gasteiger charge is 2.41. The summed E-state index contributed by atoms with van der Waals surface area (Å²) in [6.07, 6.45) is 1.94. The van der Waals surface area contributed by atoms with Crippen LogP contribution in [0.1, 0.15) is 30.1 Å². The molecule has 1 amide bonds. The summed E-state index contributed by atoms with van der Waals surface area (Å²) in [6.45, 7) is 3.24. The normalized spacial score (nSPS) is 16.9. The first-order valence-electron chi connectivity index (χ1n) is 6.44. The summed E-state index contributed by atoms with van der Waals surface area (Å²) < 4.78 is 4.95. The molecule has 5 heteroatoms. The van der Waals surface area contributed by atoms with E-state index in [2.05, 4.69) is 6.92 Å². The summed E-state index contributed by atoms with van der Waals surface area (Å²) in [5.41, 5.74) is 6.35. The predicted octanol–water partition coefficient (Wildman–Crippen LogP) is 1.35. The Balaban J connectivity index is 2.04. The van der Waals surface area contributed by atoms with Crippen molar-refractivity contribution in [2.45, 2.75) is 25.3 Å². The van der Waals surface area contributed by atoms with Crippen LogP contribution in [0, 0.1) is 0 Å². The van der Waals surface area contributed by atoms with Gasteiger partial charge in [0, 0.05) is 18.7 Å². The monoisotopic (exact) mass is 264 g/mol. The second-order valence-electron chi connectivity index (χ2n) is 5.16. The van der Waals surface area contributed by atoms with E-state index in [4.69, 9.17) is 10.5 Å². The number of hydrogen-bond donors (Lipinski definition) is 2. The van der Waals surface area contributed by atoms with Crippen molar-refractivity contribution in [3.63, 3.8) is 0 Å². The number of nitrogens with zero attached hydrogens (tertiary/aromatic N) is 1. The average Bonchev–Trinajstić information content (AvgIpc) is 2.35. The molecule has 5 nitrogen and oxygen atoms in total. The molecule has 0 radical (unpaired) electrons. The molecule has 1 aliphatic rings. The molecular weight excluding hydrogens is 244 g/mol. The second kappa shape index (κ2) is 5.09. The highest BCUT2D eigenvalue weighted by molar-refractivity contribution is 5.95. The highest BCUT2D eigenvalue weighted by Crippen LogP contribution is 2.29. The van der Waals surface area contributed by atoms with E-state index < -0.39 is 0 Å². The first-order chi connectivity index (χ1) is 8.99. The van der Waals surface area contributed by atoms with Gasteiger partial charge in [0.1, 0.15) is 0 Å². The molecule has 104 valence electrons. The van der Waals surface area contributed by atoms with Crippen molar-refractivity contribution in [3.05, 3.63) is 23.8 Å². The molecule has 3 N–H and O–H groups in total. The minimum Gasteiger partial charge on any atom is -0.504 e. The summed E-state index contributed by atoms with van der Waals surface area (Å²) in [5, 5.41) is 9.68. The molecule has 1 aromatic carbocycles. The van der Waals surface area contributed by atoms with Crippen LogP contribution in [0.3, 0.4) is 0 Å². The van der Waals surface area contributed by atoms with Crippen LogP contribution in [0.2, 0.25) is 0 Å². The first-order valence-corrected chi connectivity index (χ1v) is 6.44. The Bertz CT molecular complexity index is 482. The Hall–Kier alpha value is -1.75.